The Morgan fingerprint density at radius 1 is 1.33 bits per heavy atom. The van der Waals surface area contributed by atoms with Crippen LogP contribution in [0.2, 0.25) is 0 Å². The van der Waals surface area contributed by atoms with E-state index in [1.807, 2.05) is 19.3 Å². The largest absolute Gasteiger partial charge is 0.493 e. The van der Waals surface area contributed by atoms with Crippen LogP contribution in [0.5, 0.6) is 5.75 Å². The van der Waals surface area contributed by atoms with Gasteiger partial charge in [-0.25, -0.2) is 0 Å². The van der Waals surface area contributed by atoms with Gasteiger partial charge in [0, 0.05) is 18.7 Å². The monoisotopic (exact) mass is 282 g/mol. The van der Waals surface area contributed by atoms with Crippen molar-refractivity contribution in [3.8, 4) is 5.75 Å². The zero-order valence-electron chi connectivity index (χ0n) is 12.7. The van der Waals surface area contributed by atoms with E-state index in [4.69, 9.17) is 4.74 Å². The molecule has 1 aliphatic heterocycles. The number of rotatable bonds is 5. The van der Waals surface area contributed by atoms with Crippen LogP contribution in [-0.2, 0) is 12.8 Å². The molecule has 0 radical (unpaired) electrons. The maximum absolute atomic E-state index is 5.56. The summed E-state index contributed by atoms with van der Waals surface area (Å²) in [5.41, 5.74) is 5.14. The first-order valence-electron chi connectivity index (χ1n) is 7.61. The minimum Gasteiger partial charge on any atom is -0.493 e. The molecule has 2 heterocycles. The number of hydrogen-bond donors (Lipinski definition) is 1. The summed E-state index contributed by atoms with van der Waals surface area (Å²) < 4.78 is 5.56. The van der Waals surface area contributed by atoms with Gasteiger partial charge in [-0.1, -0.05) is 18.2 Å². The van der Waals surface area contributed by atoms with Gasteiger partial charge in [0.15, 0.2) is 0 Å². The molecule has 0 bridgehead atoms. The molecule has 0 aliphatic carbocycles. The Labute approximate surface area is 126 Å². The number of ether oxygens (including phenoxy) is 1. The van der Waals surface area contributed by atoms with E-state index in [9.17, 15) is 0 Å². The standard InChI is InChI=1S/C18H22N2O/c1-13-4-3-10-20-18(13)16(19-2)7-5-14-6-8-17-15(12-14)9-11-21-17/h3-4,6,8,10,12,16,19H,5,7,9,11H2,1-2H3. The maximum Gasteiger partial charge on any atom is 0.122 e. The van der Waals surface area contributed by atoms with Gasteiger partial charge < -0.3 is 10.1 Å². The molecule has 0 saturated carbocycles. The lowest BCUT2D eigenvalue weighted by molar-refractivity contribution is 0.357. The number of pyridine rings is 1. The first-order valence-corrected chi connectivity index (χ1v) is 7.61. The zero-order valence-corrected chi connectivity index (χ0v) is 12.7. The molecule has 1 unspecified atom stereocenters. The first kappa shape index (κ1) is 14.1. The second-order valence-electron chi connectivity index (χ2n) is 5.63. The third kappa shape index (κ3) is 3.08. The third-order valence-electron chi connectivity index (χ3n) is 4.20. The van der Waals surface area contributed by atoms with Gasteiger partial charge in [-0.05, 0) is 55.6 Å². The average Bonchev–Trinajstić information content (AvgIpc) is 2.97. The van der Waals surface area contributed by atoms with Gasteiger partial charge in [0.05, 0.1) is 12.3 Å². The summed E-state index contributed by atoms with van der Waals surface area (Å²) in [4.78, 5) is 4.54. The number of nitrogens with one attached hydrogen (secondary N) is 1. The highest BCUT2D eigenvalue weighted by Gasteiger charge is 2.15. The zero-order chi connectivity index (χ0) is 14.7. The van der Waals surface area contributed by atoms with Crippen molar-refractivity contribution in [3.05, 3.63) is 58.9 Å². The molecular weight excluding hydrogens is 260 g/mol. The molecule has 110 valence electrons. The van der Waals surface area contributed by atoms with E-state index in [0.29, 0.717) is 6.04 Å². The summed E-state index contributed by atoms with van der Waals surface area (Å²) in [6, 6.07) is 11.0. The average molecular weight is 282 g/mol. The fraction of sp³-hybridized carbons (Fsp3) is 0.389. The van der Waals surface area contributed by atoms with Crippen molar-refractivity contribution in [1.82, 2.24) is 10.3 Å². The molecule has 0 amide bonds. The molecule has 1 aromatic carbocycles. The van der Waals surface area contributed by atoms with Crippen LogP contribution in [0.4, 0.5) is 0 Å². The fourth-order valence-electron chi connectivity index (χ4n) is 2.99. The van der Waals surface area contributed by atoms with Crippen molar-refractivity contribution in [1.29, 1.82) is 0 Å². The van der Waals surface area contributed by atoms with E-state index in [0.717, 1.165) is 37.3 Å². The van der Waals surface area contributed by atoms with Gasteiger partial charge in [-0.2, -0.15) is 0 Å². The van der Waals surface area contributed by atoms with Crippen molar-refractivity contribution in [2.24, 2.45) is 0 Å². The van der Waals surface area contributed by atoms with Crippen LogP contribution in [0.25, 0.3) is 0 Å². The Morgan fingerprint density at radius 3 is 3.05 bits per heavy atom. The van der Waals surface area contributed by atoms with Crippen LogP contribution >= 0.6 is 0 Å². The quantitative estimate of drug-likeness (QED) is 0.914. The molecule has 1 aromatic heterocycles. The molecule has 1 N–H and O–H groups in total. The van der Waals surface area contributed by atoms with Crippen LogP contribution in [0.1, 0.15) is 34.8 Å². The Bertz CT molecular complexity index is 624. The maximum atomic E-state index is 5.56. The highest BCUT2D eigenvalue weighted by atomic mass is 16.5. The van der Waals surface area contributed by atoms with Gasteiger partial charge in [0.25, 0.3) is 0 Å². The molecule has 2 aromatic rings. The molecule has 3 heteroatoms. The summed E-state index contributed by atoms with van der Waals surface area (Å²) in [5.74, 6) is 1.06. The third-order valence-corrected chi connectivity index (χ3v) is 4.20. The highest BCUT2D eigenvalue weighted by molar-refractivity contribution is 5.39. The molecule has 1 aliphatic rings. The number of aromatic nitrogens is 1. The van der Waals surface area contributed by atoms with Crippen molar-refractivity contribution in [2.75, 3.05) is 13.7 Å². The molecule has 0 spiro atoms. The Morgan fingerprint density at radius 2 is 2.24 bits per heavy atom. The molecular formula is C18H22N2O. The topological polar surface area (TPSA) is 34.1 Å². The van der Waals surface area contributed by atoms with Crippen molar-refractivity contribution in [2.45, 2.75) is 32.2 Å². The van der Waals surface area contributed by atoms with Crippen LogP contribution in [-0.4, -0.2) is 18.6 Å². The highest BCUT2D eigenvalue weighted by Crippen LogP contribution is 2.27. The predicted molar refractivity (Wildman–Crippen MR) is 84.7 cm³/mol. The van der Waals surface area contributed by atoms with E-state index >= 15 is 0 Å². The van der Waals surface area contributed by atoms with Gasteiger partial charge in [0.2, 0.25) is 0 Å². The Hall–Kier alpha value is -1.87. The minimum atomic E-state index is 0.302. The minimum absolute atomic E-state index is 0.302. The smallest absolute Gasteiger partial charge is 0.122 e. The van der Waals surface area contributed by atoms with Crippen LogP contribution in [0.15, 0.2) is 36.5 Å². The van der Waals surface area contributed by atoms with E-state index in [1.165, 1.54) is 16.7 Å². The van der Waals surface area contributed by atoms with Crippen molar-refractivity contribution in [3.63, 3.8) is 0 Å². The van der Waals surface area contributed by atoms with Crippen molar-refractivity contribution >= 4 is 0 Å². The first-order chi connectivity index (χ1) is 10.3. The normalized spacial score (nSPS) is 14.6. The lowest BCUT2D eigenvalue weighted by atomic mass is 9.98. The number of benzene rings is 1. The van der Waals surface area contributed by atoms with Gasteiger partial charge in [0.1, 0.15) is 5.75 Å². The summed E-state index contributed by atoms with van der Waals surface area (Å²) >= 11 is 0. The van der Waals surface area contributed by atoms with Crippen LogP contribution < -0.4 is 10.1 Å². The van der Waals surface area contributed by atoms with Crippen LogP contribution in [0, 0.1) is 6.92 Å². The molecule has 3 rings (SSSR count). The summed E-state index contributed by atoms with van der Waals surface area (Å²) in [7, 11) is 2.01. The molecule has 3 nitrogen and oxygen atoms in total. The second-order valence-corrected chi connectivity index (χ2v) is 5.63. The fourth-order valence-corrected chi connectivity index (χ4v) is 2.99. The van der Waals surface area contributed by atoms with Gasteiger partial charge >= 0.3 is 0 Å². The molecule has 21 heavy (non-hydrogen) atoms. The number of fused-ring (bicyclic) bond motifs is 1. The molecule has 1 atom stereocenters. The van der Waals surface area contributed by atoms with E-state index in [1.54, 1.807) is 0 Å². The Balaban J connectivity index is 1.70. The predicted octanol–water partition coefficient (Wildman–Crippen LogP) is 3.22. The summed E-state index contributed by atoms with van der Waals surface area (Å²) in [6.07, 6.45) is 5.01. The van der Waals surface area contributed by atoms with Gasteiger partial charge in [-0.15, -0.1) is 0 Å². The number of aryl methyl sites for hydroxylation is 2. The number of hydrogen-bond acceptors (Lipinski definition) is 3. The summed E-state index contributed by atoms with van der Waals surface area (Å²) in [5, 5.41) is 3.39. The van der Waals surface area contributed by atoms with Crippen molar-refractivity contribution < 1.29 is 4.74 Å². The Kier molecular flexibility index (Phi) is 4.20. The van der Waals surface area contributed by atoms with Gasteiger partial charge in [-0.3, -0.25) is 4.98 Å². The number of nitrogens with zero attached hydrogens (tertiary/aromatic N) is 1. The van der Waals surface area contributed by atoms with Crippen LogP contribution in [0.3, 0.4) is 0 Å². The van der Waals surface area contributed by atoms with E-state index < -0.39 is 0 Å². The van der Waals surface area contributed by atoms with E-state index in [2.05, 4.69) is 41.5 Å². The second kappa shape index (κ2) is 6.27. The lowest BCUT2D eigenvalue weighted by Gasteiger charge is -2.17. The summed E-state index contributed by atoms with van der Waals surface area (Å²) in [6.45, 7) is 2.95. The SMILES string of the molecule is CNC(CCc1ccc2c(c1)CCO2)c1ncccc1C. The molecule has 0 fully saturated rings. The van der Waals surface area contributed by atoms with E-state index in [-0.39, 0.29) is 0 Å². The molecule has 0 saturated heterocycles. The lowest BCUT2D eigenvalue weighted by Crippen LogP contribution is -2.19.